The van der Waals surface area contributed by atoms with E-state index < -0.39 is 11.5 Å². The number of carbonyl (C=O) groups is 2. The topological polar surface area (TPSA) is 89.4 Å². The van der Waals surface area contributed by atoms with Crippen LogP contribution in [0.3, 0.4) is 0 Å². The summed E-state index contributed by atoms with van der Waals surface area (Å²) in [5.74, 6) is -0.426. The normalized spacial score (nSPS) is 27.8. The molecule has 5 nitrogen and oxygen atoms in total. The summed E-state index contributed by atoms with van der Waals surface area (Å²) in [5, 5.41) is 0. The summed E-state index contributed by atoms with van der Waals surface area (Å²) < 4.78 is 0. The maximum atomic E-state index is 11.7. The van der Waals surface area contributed by atoms with Crippen molar-refractivity contribution in [2.75, 3.05) is 13.1 Å². The molecule has 4 N–H and O–H groups in total. The molecule has 0 saturated carbocycles. The Bertz CT molecular complexity index is 280. The lowest BCUT2D eigenvalue weighted by Gasteiger charge is -2.23. The zero-order valence-corrected chi connectivity index (χ0v) is 9.32. The summed E-state index contributed by atoms with van der Waals surface area (Å²) in [7, 11) is 0. The fraction of sp³-hybridized carbons (Fsp3) is 0.800. The largest absolute Gasteiger partial charge is 0.369 e. The summed E-state index contributed by atoms with van der Waals surface area (Å²) in [5.41, 5.74) is 10.4. The van der Waals surface area contributed by atoms with Crippen molar-refractivity contribution in [3.05, 3.63) is 0 Å². The number of primary amides is 1. The van der Waals surface area contributed by atoms with Gasteiger partial charge in [-0.2, -0.15) is 0 Å². The Labute approximate surface area is 89.8 Å². The summed E-state index contributed by atoms with van der Waals surface area (Å²) in [4.78, 5) is 24.6. The van der Waals surface area contributed by atoms with Crippen molar-refractivity contribution in [1.82, 2.24) is 4.90 Å². The Kier molecular flexibility index (Phi) is 3.34. The minimum absolute atomic E-state index is 0.0810. The van der Waals surface area contributed by atoms with E-state index in [4.69, 9.17) is 11.5 Å². The van der Waals surface area contributed by atoms with Gasteiger partial charge in [0.25, 0.3) is 0 Å². The van der Waals surface area contributed by atoms with Gasteiger partial charge in [0.1, 0.15) is 0 Å². The van der Waals surface area contributed by atoms with Crippen LogP contribution >= 0.6 is 0 Å². The molecule has 0 aromatic rings. The second-order valence-corrected chi connectivity index (χ2v) is 4.45. The van der Waals surface area contributed by atoms with E-state index in [1.54, 1.807) is 11.8 Å². The molecule has 2 amide bonds. The monoisotopic (exact) mass is 213 g/mol. The van der Waals surface area contributed by atoms with Crippen LogP contribution in [0.2, 0.25) is 0 Å². The molecule has 86 valence electrons. The van der Waals surface area contributed by atoms with Gasteiger partial charge in [0.05, 0.1) is 11.5 Å². The first-order chi connectivity index (χ1) is 6.90. The third-order valence-electron chi connectivity index (χ3n) is 3.14. The maximum Gasteiger partial charge on any atom is 0.239 e. The van der Waals surface area contributed by atoms with Gasteiger partial charge in [-0.25, -0.2) is 0 Å². The molecule has 1 aliphatic rings. The molecule has 1 fully saturated rings. The maximum absolute atomic E-state index is 11.7. The van der Waals surface area contributed by atoms with Crippen LogP contribution in [0.4, 0.5) is 0 Å². The average Bonchev–Trinajstić information content (AvgIpc) is 2.60. The van der Waals surface area contributed by atoms with Crippen LogP contribution in [0, 0.1) is 5.41 Å². The molecule has 2 atom stereocenters. The van der Waals surface area contributed by atoms with Gasteiger partial charge in [0, 0.05) is 13.1 Å². The van der Waals surface area contributed by atoms with E-state index in [1.807, 2.05) is 6.92 Å². The van der Waals surface area contributed by atoms with Gasteiger partial charge in [-0.1, -0.05) is 6.92 Å². The Morgan fingerprint density at radius 3 is 2.53 bits per heavy atom. The van der Waals surface area contributed by atoms with Crippen molar-refractivity contribution in [2.45, 2.75) is 32.7 Å². The molecule has 1 heterocycles. The van der Waals surface area contributed by atoms with Crippen molar-refractivity contribution in [3.8, 4) is 0 Å². The minimum Gasteiger partial charge on any atom is -0.369 e. The van der Waals surface area contributed by atoms with Gasteiger partial charge in [0.15, 0.2) is 0 Å². The lowest BCUT2D eigenvalue weighted by Crippen LogP contribution is -2.44. The van der Waals surface area contributed by atoms with Gasteiger partial charge < -0.3 is 16.4 Å². The fourth-order valence-electron chi connectivity index (χ4n) is 1.76. The molecule has 15 heavy (non-hydrogen) atoms. The Morgan fingerprint density at radius 1 is 1.53 bits per heavy atom. The first-order valence-electron chi connectivity index (χ1n) is 5.25. The van der Waals surface area contributed by atoms with Crippen molar-refractivity contribution in [3.63, 3.8) is 0 Å². The quantitative estimate of drug-likeness (QED) is 0.659. The number of nitrogens with two attached hydrogens (primary N) is 2. The van der Waals surface area contributed by atoms with E-state index in [1.165, 1.54) is 0 Å². The van der Waals surface area contributed by atoms with Crippen LogP contribution < -0.4 is 11.5 Å². The molecular weight excluding hydrogens is 194 g/mol. The average molecular weight is 213 g/mol. The third kappa shape index (κ3) is 2.28. The molecule has 0 radical (unpaired) electrons. The van der Waals surface area contributed by atoms with Gasteiger partial charge in [-0.3, -0.25) is 9.59 Å². The van der Waals surface area contributed by atoms with Crippen LogP contribution in [-0.4, -0.2) is 35.8 Å². The minimum atomic E-state index is -0.580. The second-order valence-electron chi connectivity index (χ2n) is 4.45. The van der Waals surface area contributed by atoms with E-state index in [2.05, 4.69) is 0 Å². The number of hydrogen-bond donors (Lipinski definition) is 2. The third-order valence-corrected chi connectivity index (χ3v) is 3.14. The first kappa shape index (κ1) is 12.0. The van der Waals surface area contributed by atoms with E-state index in [0.717, 1.165) is 0 Å². The molecule has 1 aliphatic heterocycles. The van der Waals surface area contributed by atoms with Gasteiger partial charge in [-0.05, 0) is 19.8 Å². The Hall–Kier alpha value is -1.10. The molecule has 0 bridgehead atoms. The summed E-state index contributed by atoms with van der Waals surface area (Å²) >= 11 is 0. The molecule has 1 saturated heterocycles. The summed E-state index contributed by atoms with van der Waals surface area (Å²) in [6.45, 7) is 4.63. The lowest BCUT2D eigenvalue weighted by atomic mass is 9.89. The first-order valence-corrected chi connectivity index (χ1v) is 5.25. The molecule has 0 aliphatic carbocycles. The summed E-state index contributed by atoms with van der Waals surface area (Å²) in [6.07, 6.45) is 1.24. The summed E-state index contributed by atoms with van der Waals surface area (Å²) in [6, 6.07) is -0.458. The highest BCUT2D eigenvalue weighted by molar-refractivity contribution is 5.85. The van der Waals surface area contributed by atoms with Gasteiger partial charge in [-0.15, -0.1) is 0 Å². The van der Waals surface area contributed by atoms with E-state index in [9.17, 15) is 9.59 Å². The van der Waals surface area contributed by atoms with E-state index in [-0.39, 0.29) is 11.8 Å². The van der Waals surface area contributed by atoms with Crippen LogP contribution in [0.15, 0.2) is 0 Å². The lowest BCUT2D eigenvalue weighted by molar-refractivity contribution is -0.132. The molecule has 0 aromatic heterocycles. The predicted molar refractivity (Wildman–Crippen MR) is 56.8 cm³/mol. The van der Waals surface area contributed by atoms with Crippen molar-refractivity contribution >= 4 is 11.8 Å². The smallest absolute Gasteiger partial charge is 0.239 e. The highest BCUT2D eigenvalue weighted by Crippen LogP contribution is 2.29. The fourth-order valence-corrected chi connectivity index (χ4v) is 1.76. The number of nitrogens with zero attached hydrogens (tertiary/aromatic N) is 1. The van der Waals surface area contributed by atoms with E-state index >= 15 is 0 Å². The van der Waals surface area contributed by atoms with Crippen LogP contribution in [0.5, 0.6) is 0 Å². The molecule has 0 spiro atoms. The van der Waals surface area contributed by atoms with Crippen LogP contribution in [0.1, 0.15) is 26.7 Å². The van der Waals surface area contributed by atoms with Crippen molar-refractivity contribution < 1.29 is 9.59 Å². The standard InChI is InChI=1S/C10H19N3O2/c1-3-7(11)8(14)13-5-4-10(2,6-13)9(12)15/h7H,3-6,11H2,1-2H3,(H2,12,15)/t7-,10?/m0/s1. The molecular formula is C10H19N3O2. The molecule has 0 aromatic carbocycles. The highest BCUT2D eigenvalue weighted by Gasteiger charge is 2.41. The van der Waals surface area contributed by atoms with Gasteiger partial charge >= 0.3 is 0 Å². The molecule has 5 heteroatoms. The number of likely N-dealkylation sites (tertiary alicyclic amines) is 1. The van der Waals surface area contributed by atoms with Crippen molar-refractivity contribution in [2.24, 2.45) is 16.9 Å². The number of rotatable bonds is 3. The molecule has 1 rings (SSSR count). The Balaban J connectivity index is 2.64. The number of amides is 2. The zero-order chi connectivity index (χ0) is 11.6. The second kappa shape index (κ2) is 4.18. The number of carbonyl (C=O) groups excluding carboxylic acids is 2. The zero-order valence-electron chi connectivity index (χ0n) is 9.32. The van der Waals surface area contributed by atoms with Crippen LogP contribution in [-0.2, 0) is 9.59 Å². The number of hydrogen-bond acceptors (Lipinski definition) is 3. The highest BCUT2D eigenvalue weighted by atomic mass is 16.2. The Morgan fingerprint density at radius 2 is 2.13 bits per heavy atom. The van der Waals surface area contributed by atoms with Crippen LogP contribution in [0.25, 0.3) is 0 Å². The van der Waals surface area contributed by atoms with Crippen molar-refractivity contribution in [1.29, 1.82) is 0 Å². The predicted octanol–water partition coefficient (Wildman–Crippen LogP) is -0.552. The molecule has 1 unspecified atom stereocenters. The SMILES string of the molecule is CC[C@H](N)C(=O)N1CCC(C)(C(N)=O)C1. The van der Waals surface area contributed by atoms with Gasteiger partial charge in [0.2, 0.25) is 11.8 Å². The van der Waals surface area contributed by atoms with E-state index in [0.29, 0.717) is 25.9 Å².